The second-order valence-corrected chi connectivity index (χ2v) is 21.3. The van der Waals surface area contributed by atoms with Crippen LogP contribution >= 0.6 is 15.0 Å². The van der Waals surface area contributed by atoms with E-state index in [1.54, 1.807) is 0 Å². The summed E-state index contributed by atoms with van der Waals surface area (Å²) in [4.78, 5) is 0. The van der Waals surface area contributed by atoms with Gasteiger partial charge in [-0.15, -0.1) is 0 Å². The van der Waals surface area contributed by atoms with Crippen LogP contribution in [-0.2, 0) is 0 Å². The van der Waals surface area contributed by atoms with Crippen LogP contribution in [0.4, 0.5) is 0 Å². The van der Waals surface area contributed by atoms with Gasteiger partial charge in [0.2, 0.25) is 0 Å². The third kappa shape index (κ3) is 4.75. The molecule has 5 heterocycles. The molecule has 14 rings (SSSR count). The molecule has 0 atom stereocenters. The third-order valence-corrected chi connectivity index (χ3v) is 19.7. The molecule has 0 radical (unpaired) electrons. The highest BCUT2D eigenvalue weighted by atomic mass is 31.2. The van der Waals surface area contributed by atoms with E-state index in [9.17, 15) is 0 Å². The number of fused-ring (bicyclic) bond motifs is 12. The molecule has 1 aliphatic rings. The summed E-state index contributed by atoms with van der Waals surface area (Å²) >= 11 is 0. The van der Waals surface area contributed by atoms with Crippen molar-refractivity contribution in [2.24, 2.45) is 14.0 Å². The van der Waals surface area contributed by atoms with E-state index >= 15 is 0 Å². The normalized spacial score (nSPS) is 14.8. The van der Waals surface area contributed by atoms with Gasteiger partial charge in [-0.05, 0) is 48.5 Å². The first kappa shape index (κ1) is 35.9. The molecule has 0 unspecified atom stereocenters. The highest BCUT2D eigenvalue weighted by molar-refractivity contribution is 7.75. The summed E-state index contributed by atoms with van der Waals surface area (Å²) in [5, 5.41) is 9.26. The molecule has 0 amide bonds. The van der Waals surface area contributed by atoms with Gasteiger partial charge in [0, 0.05) is 48.7 Å². The fraction of sp³-hybridized carbons (Fsp3) is 0. The van der Waals surface area contributed by atoms with Crippen molar-refractivity contribution in [1.29, 1.82) is 0 Å². The lowest BCUT2D eigenvalue weighted by Gasteiger charge is -2.36. The smallest absolute Gasteiger partial charge is 0.272 e. The fourth-order valence-electron chi connectivity index (χ4n) is 10.5. The zero-order valence-corrected chi connectivity index (χ0v) is 36.2. The number of hydrogen-bond acceptors (Lipinski definition) is 3. The molecule has 4 aromatic heterocycles. The Hall–Kier alpha value is -7.69. The largest absolute Gasteiger partial charge is 0.281 e. The lowest BCUT2D eigenvalue weighted by atomic mass is 10.2. The summed E-state index contributed by atoms with van der Waals surface area (Å²) < 4.78 is 29.3. The summed E-state index contributed by atoms with van der Waals surface area (Å²) in [7, 11) is -7.12. The lowest BCUT2D eigenvalue weighted by molar-refractivity contribution is 1.16. The minimum absolute atomic E-state index is 0.671. The van der Waals surface area contributed by atoms with Gasteiger partial charge in [-0.25, -0.2) is 0 Å². The molecule has 0 bridgehead atoms. The molecule has 9 heteroatoms. The standard InChI is InChI=1S/C55H37N7P2/c1-2-20-38(21-3-1)55-56-63(59-47-30-12-4-22-39(47)40-23-5-13-31-48(40)59,60-49-32-14-6-24-41(49)42-25-7-15-33-50(42)60)58-64(57-55,61-51-34-16-8-26-43(51)44-27-9-17-35-52(44)61)62-53-36-18-10-28-45(53)46-29-11-19-37-54(46)62/h1-37H. The van der Waals surface area contributed by atoms with Gasteiger partial charge in [-0.2, -0.15) is 14.0 Å². The molecule has 0 N–H and O–H groups in total. The Balaban J connectivity index is 1.35. The molecule has 1 aliphatic heterocycles. The molecule has 9 aromatic carbocycles. The Morgan fingerprint density at radius 3 is 0.766 bits per heavy atom. The highest BCUT2D eigenvalue weighted by Crippen LogP contribution is 2.74. The van der Waals surface area contributed by atoms with Crippen LogP contribution in [0, 0.1) is 0 Å². The Morgan fingerprint density at radius 1 is 0.250 bits per heavy atom. The second kappa shape index (κ2) is 13.4. The summed E-state index contributed by atoms with van der Waals surface area (Å²) in [5.41, 5.74) is 9.52. The van der Waals surface area contributed by atoms with Crippen molar-refractivity contribution < 1.29 is 0 Å². The topological polar surface area (TPSA) is 56.8 Å². The Kier molecular flexibility index (Phi) is 7.51. The summed E-state index contributed by atoms with van der Waals surface area (Å²) in [6.45, 7) is 0. The molecular weight excluding hydrogens is 821 g/mol. The number of para-hydroxylation sites is 8. The first-order valence-corrected chi connectivity index (χ1v) is 24.8. The maximum Gasteiger partial charge on any atom is 0.281 e. The fourth-order valence-corrected chi connectivity index (χ4v) is 18.7. The van der Waals surface area contributed by atoms with E-state index in [-0.39, 0.29) is 0 Å². The van der Waals surface area contributed by atoms with Crippen molar-refractivity contribution in [1.82, 2.24) is 17.4 Å². The van der Waals surface area contributed by atoms with Crippen molar-refractivity contribution in [3.63, 3.8) is 0 Å². The molecule has 7 nitrogen and oxygen atoms in total. The molecule has 302 valence electrons. The van der Waals surface area contributed by atoms with E-state index < -0.39 is 15.0 Å². The first-order chi connectivity index (χ1) is 31.7. The number of hydrogen-bond donors (Lipinski definition) is 0. The highest BCUT2D eigenvalue weighted by Gasteiger charge is 2.43. The van der Waals surface area contributed by atoms with Gasteiger partial charge in [0.1, 0.15) is 0 Å². The third-order valence-electron chi connectivity index (χ3n) is 13.0. The van der Waals surface area contributed by atoms with Crippen LogP contribution in [0.3, 0.4) is 0 Å². The lowest BCUT2D eigenvalue weighted by Crippen LogP contribution is -2.16. The molecule has 0 aliphatic carbocycles. The first-order valence-electron chi connectivity index (χ1n) is 21.6. The molecule has 0 saturated heterocycles. The summed E-state index contributed by atoms with van der Waals surface area (Å²) in [6.07, 6.45) is 0. The van der Waals surface area contributed by atoms with E-state index in [0.29, 0.717) is 5.84 Å². The predicted octanol–water partition coefficient (Wildman–Crippen LogP) is 16.0. The van der Waals surface area contributed by atoms with E-state index in [2.05, 4.69) is 242 Å². The minimum Gasteiger partial charge on any atom is -0.272 e. The van der Waals surface area contributed by atoms with Gasteiger partial charge in [0.15, 0.2) is 5.84 Å². The van der Waals surface area contributed by atoms with Gasteiger partial charge in [0.25, 0.3) is 15.0 Å². The number of rotatable bonds is 5. The van der Waals surface area contributed by atoms with Crippen LogP contribution in [0.1, 0.15) is 5.56 Å². The van der Waals surface area contributed by atoms with Crippen molar-refractivity contribution in [3.05, 3.63) is 230 Å². The summed E-state index contributed by atoms with van der Waals surface area (Å²) in [6, 6.07) is 80.9. The molecule has 0 fully saturated rings. The van der Waals surface area contributed by atoms with E-state index in [0.717, 1.165) is 92.8 Å². The van der Waals surface area contributed by atoms with E-state index in [1.807, 2.05) is 0 Å². The van der Waals surface area contributed by atoms with Crippen LogP contribution in [0.2, 0.25) is 0 Å². The monoisotopic (exact) mass is 857 g/mol. The zero-order chi connectivity index (χ0) is 42.0. The number of benzene rings is 9. The predicted molar refractivity (Wildman–Crippen MR) is 271 cm³/mol. The number of nitrogens with zero attached hydrogens (tertiary/aromatic N) is 7. The van der Waals surface area contributed by atoms with Crippen LogP contribution in [0.15, 0.2) is 238 Å². The van der Waals surface area contributed by atoms with Crippen LogP contribution < -0.4 is 0 Å². The quantitative estimate of drug-likeness (QED) is 0.155. The van der Waals surface area contributed by atoms with Crippen LogP contribution in [0.5, 0.6) is 0 Å². The SMILES string of the molecule is c1ccc(C2=NP(n3c4ccccc4c4ccccc43)(n3c4ccccc4c4ccccc43)=NP(n3c4ccccc4c4ccccc43)(n3c4ccccc4c4ccccc43)=N2)cc1. The molecule has 0 saturated carbocycles. The molecular formula is C55H37N7P2. The van der Waals surface area contributed by atoms with Gasteiger partial charge in [-0.3, -0.25) is 17.4 Å². The van der Waals surface area contributed by atoms with Crippen molar-refractivity contribution in [2.45, 2.75) is 0 Å². The van der Waals surface area contributed by atoms with Gasteiger partial charge >= 0.3 is 0 Å². The average Bonchev–Trinajstić information content (AvgIpc) is 4.10. The maximum atomic E-state index is 6.81. The molecule has 0 spiro atoms. The van der Waals surface area contributed by atoms with E-state index in [1.165, 1.54) is 0 Å². The van der Waals surface area contributed by atoms with Gasteiger partial charge in [0.05, 0.1) is 44.1 Å². The van der Waals surface area contributed by atoms with Gasteiger partial charge < -0.3 is 0 Å². The van der Waals surface area contributed by atoms with Crippen molar-refractivity contribution in [2.75, 3.05) is 0 Å². The second-order valence-electron chi connectivity index (χ2n) is 16.4. The zero-order valence-electron chi connectivity index (χ0n) is 34.4. The Labute approximate surface area is 367 Å². The number of aromatic nitrogens is 4. The minimum atomic E-state index is -3.56. The maximum absolute atomic E-state index is 6.81. The Morgan fingerprint density at radius 2 is 0.484 bits per heavy atom. The van der Waals surface area contributed by atoms with Crippen molar-refractivity contribution in [3.8, 4) is 0 Å². The summed E-state index contributed by atoms with van der Waals surface area (Å²) in [5.74, 6) is 0.671. The van der Waals surface area contributed by atoms with Crippen molar-refractivity contribution >= 4 is 108 Å². The van der Waals surface area contributed by atoms with Crippen LogP contribution in [0.25, 0.3) is 87.2 Å². The molecule has 64 heavy (non-hydrogen) atoms. The molecule has 13 aromatic rings. The number of amidine groups is 1. The Bertz CT molecular complexity index is 3560. The van der Waals surface area contributed by atoms with E-state index in [4.69, 9.17) is 14.0 Å². The van der Waals surface area contributed by atoms with Crippen LogP contribution in [-0.4, -0.2) is 23.2 Å². The average molecular weight is 858 g/mol. The van der Waals surface area contributed by atoms with Gasteiger partial charge in [-0.1, -0.05) is 176 Å².